The molecule has 27 heavy (non-hydrogen) atoms. The molecule has 0 bridgehead atoms. The highest BCUT2D eigenvalue weighted by molar-refractivity contribution is 5.32. The van der Waals surface area contributed by atoms with Gasteiger partial charge >= 0.3 is 0 Å². The highest BCUT2D eigenvalue weighted by atomic mass is 15.1. The number of nitrogens with two attached hydrogens (primary N) is 1. The van der Waals surface area contributed by atoms with E-state index in [9.17, 15) is 0 Å². The molecule has 2 N–H and O–H groups in total. The van der Waals surface area contributed by atoms with Crippen molar-refractivity contribution < 1.29 is 0 Å². The van der Waals surface area contributed by atoms with Gasteiger partial charge in [0, 0.05) is 12.6 Å². The molecule has 0 atom stereocenters. The molecule has 0 aliphatic carbocycles. The van der Waals surface area contributed by atoms with Crippen LogP contribution in [-0.2, 0) is 19.4 Å². The second-order valence-corrected chi connectivity index (χ2v) is 6.86. The van der Waals surface area contributed by atoms with Gasteiger partial charge in [0.25, 0.3) is 0 Å². The summed E-state index contributed by atoms with van der Waals surface area (Å²) in [6, 6.07) is 29.6. The summed E-state index contributed by atoms with van der Waals surface area (Å²) in [7, 11) is 0. The fourth-order valence-electron chi connectivity index (χ4n) is 3.29. The summed E-state index contributed by atoms with van der Waals surface area (Å²) < 4.78 is 2.01. The van der Waals surface area contributed by atoms with E-state index in [0.717, 1.165) is 25.1 Å². The third kappa shape index (κ3) is 4.45. The fourth-order valence-corrected chi connectivity index (χ4v) is 3.29. The predicted molar refractivity (Wildman–Crippen MR) is 111 cm³/mol. The van der Waals surface area contributed by atoms with Crippen LogP contribution in [0.2, 0.25) is 0 Å². The maximum Gasteiger partial charge on any atom is 0.200 e. The van der Waals surface area contributed by atoms with Gasteiger partial charge in [-0.1, -0.05) is 84.9 Å². The average molecular weight is 353 g/mol. The quantitative estimate of drug-likeness (QED) is 0.546. The lowest BCUT2D eigenvalue weighted by atomic mass is 10.0. The van der Waals surface area contributed by atoms with E-state index in [4.69, 9.17) is 5.73 Å². The van der Waals surface area contributed by atoms with Crippen LogP contribution in [-0.4, -0.2) is 9.55 Å². The Hall–Kier alpha value is -3.33. The Bertz CT molecular complexity index is 987. The number of aromatic nitrogens is 2. The van der Waals surface area contributed by atoms with Crippen molar-refractivity contribution in [3.05, 3.63) is 119 Å². The zero-order valence-corrected chi connectivity index (χ0v) is 15.3. The Morgan fingerprint density at radius 2 is 1.15 bits per heavy atom. The zero-order chi connectivity index (χ0) is 18.5. The molecule has 4 rings (SSSR count). The van der Waals surface area contributed by atoms with E-state index in [0.29, 0.717) is 5.95 Å². The van der Waals surface area contributed by atoms with Crippen LogP contribution < -0.4 is 5.73 Å². The minimum atomic E-state index is 0.564. The lowest BCUT2D eigenvalue weighted by molar-refractivity contribution is 0.809. The molecule has 0 radical (unpaired) electrons. The number of anilines is 1. The van der Waals surface area contributed by atoms with E-state index in [1.54, 1.807) is 0 Å². The molecule has 3 heteroatoms. The molecular weight excluding hydrogens is 330 g/mol. The second kappa shape index (κ2) is 7.92. The topological polar surface area (TPSA) is 43.8 Å². The second-order valence-electron chi connectivity index (χ2n) is 6.86. The van der Waals surface area contributed by atoms with Gasteiger partial charge < -0.3 is 10.3 Å². The van der Waals surface area contributed by atoms with Gasteiger partial charge in [-0.05, 0) is 28.7 Å². The van der Waals surface area contributed by atoms with Crippen molar-refractivity contribution in [3.8, 4) is 0 Å². The average Bonchev–Trinajstić information content (AvgIpc) is 3.04. The summed E-state index contributed by atoms with van der Waals surface area (Å²) in [5, 5.41) is 0. The van der Waals surface area contributed by atoms with Crippen LogP contribution in [0.15, 0.2) is 91.1 Å². The van der Waals surface area contributed by atoms with Crippen LogP contribution >= 0.6 is 0 Å². The number of imidazole rings is 1. The van der Waals surface area contributed by atoms with Crippen molar-refractivity contribution in [2.24, 2.45) is 0 Å². The van der Waals surface area contributed by atoms with Gasteiger partial charge in [-0.2, -0.15) is 0 Å². The summed E-state index contributed by atoms with van der Waals surface area (Å²) in [5.41, 5.74) is 12.2. The first-order chi connectivity index (χ1) is 13.3. The third-order valence-corrected chi connectivity index (χ3v) is 4.71. The van der Waals surface area contributed by atoms with Crippen LogP contribution in [0.1, 0.15) is 27.9 Å². The first-order valence-electron chi connectivity index (χ1n) is 9.23. The maximum atomic E-state index is 6.10. The van der Waals surface area contributed by atoms with Crippen LogP contribution in [0.4, 0.5) is 5.95 Å². The molecule has 0 saturated heterocycles. The van der Waals surface area contributed by atoms with E-state index in [2.05, 4.69) is 77.9 Å². The lowest BCUT2D eigenvalue weighted by Gasteiger charge is -2.04. The van der Waals surface area contributed by atoms with E-state index in [1.807, 2.05) is 22.8 Å². The number of benzene rings is 3. The van der Waals surface area contributed by atoms with E-state index < -0.39 is 0 Å². The first-order valence-corrected chi connectivity index (χ1v) is 9.23. The number of rotatable bonds is 6. The van der Waals surface area contributed by atoms with Gasteiger partial charge in [0.1, 0.15) is 0 Å². The van der Waals surface area contributed by atoms with E-state index in [-0.39, 0.29) is 0 Å². The maximum absolute atomic E-state index is 6.10. The number of hydrogen-bond donors (Lipinski definition) is 1. The molecule has 0 spiro atoms. The van der Waals surface area contributed by atoms with Gasteiger partial charge in [-0.15, -0.1) is 0 Å². The minimum absolute atomic E-state index is 0.564. The highest BCUT2D eigenvalue weighted by Crippen LogP contribution is 2.15. The van der Waals surface area contributed by atoms with Gasteiger partial charge in [-0.25, -0.2) is 4.98 Å². The smallest absolute Gasteiger partial charge is 0.200 e. The van der Waals surface area contributed by atoms with E-state index >= 15 is 0 Å². The third-order valence-electron chi connectivity index (χ3n) is 4.71. The molecule has 3 aromatic carbocycles. The molecule has 0 aliphatic heterocycles. The lowest BCUT2D eigenvalue weighted by Crippen LogP contribution is -2.03. The summed E-state index contributed by atoms with van der Waals surface area (Å²) in [4.78, 5) is 4.53. The molecule has 0 saturated carbocycles. The monoisotopic (exact) mass is 353 g/mol. The van der Waals surface area contributed by atoms with Crippen molar-refractivity contribution >= 4 is 5.95 Å². The number of nitrogens with zero attached hydrogens (tertiary/aromatic N) is 2. The first kappa shape index (κ1) is 17.1. The summed E-state index contributed by atoms with van der Waals surface area (Å²) >= 11 is 0. The number of hydrogen-bond acceptors (Lipinski definition) is 2. The molecule has 3 nitrogen and oxygen atoms in total. The van der Waals surface area contributed by atoms with Gasteiger partial charge in [0.15, 0.2) is 0 Å². The summed E-state index contributed by atoms with van der Waals surface area (Å²) in [6.07, 6.45) is 3.80. The number of nitrogen functional groups attached to an aromatic ring is 1. The molecule has 0 fully saturated rings. The summed E-state index contributed by atoms with van der Waals surface area (Å²) in [5.74, 6) is 0.564. The van der Waals surface area contributed by atoms with Crippen molar-refractivity contribution in [1.29, 1.82) is 0 Å². The Balaban J connectivity index is 1.42. The van der Waals surface area contributed by atoms with Gasteiger partial charge in [0.05, 0.1) is 12.2 Å². The molecule has 1 heterocycles. The van der Waals surface area contributed by atoms with Crippen molar-refractivity contribution in [2.45, 2.75) is 19.4 Å². The van der Waals surface area contributed by atoms with Gasteiger partial charge in [0.2, 0.25) is 5.95 Å². The Kier molecular flexibility index (Phi) is 5.01. The molecule has 134 valence electrons. The van der Waals surface area contributed by atoms with Crippen molar-refractivity contribution in [2.75, 3.05) is 5.73 Å². The van der Waals surface area contributed by atoms with Gasteiger partial charge in [-0.3, -0.25) is 0 Å². The molecule has 4 aromatic rings. The van der Waals surface area contributed by atoms with E-state index in [1.165, 1.54) is 22.3 Å². The van der Waals surface area contributed by atoms with Crippen LogP contribution in [0.5, 0.6) is 0 Å². The zero-order valence-electron chi connectivity index (χ0n) is 15.3. The fraction of sp³-hybridized carbons (Fsp3) is 0.125. The van der Waals surface area contributed by atoms with Crippen molar-refractivity contribution in [3.63, 3.8) is 0 Å². The molecule has 1 aromatic heterocycles. The Morgan fingerprint density at radius 1 is 0.630 bits per heavy atom. The van der Waals surface area contributed by atoms with Crippen LogP contribution in [0.3, 0.4) is 0 Å². The standard InChI is InChI=1S/C24H23N3/c25-24-26-23(18-27(24)17-22-9-5-2-6-10-22)16-21-13-11-20(12-14-21)15-19-7-3-1-4-8-19/h1-14,18H,15-17H2,(H2,25,26). The molecule has 0 amide bonds. The largest absolute Gasteiger partial charge is 0.369 e. The molecule has 0 aliphatic rings. The minimum Gasteiger partial charge on any atom is -0.369 e. The SMILES string of the molecule is Nc1nc(Cc2ccc(Cc3ccccc3)cc2)cn1Cc1ccccc1. The highest BCUT2D eigenvalue weighted by Gasteiger charge is 2.07. The normalized spacial score (nSPS) is 10.8. The van der Waals surface area contributed by atoms with Crippen LogP contribution in [0, 0.1) is 0 Å². The Labute approximate surface area is 160 Å². The molecule has 0 unspecified atom stereocenters. The van der Waals surface area contributed by atoms with Crippen molar-refractivity contribution in [1.82, 2.24) is 9.55 Å². The van der Waals surface area contributed by atoms with Crippen LogP contribution in [0.25, 0.3) is 0 Å². The predicted octanol–water partition coefficient (Wildman–Crippen LogP) is 4.70. The summed E-state index contributed by atoms with van der Waals surface area (Å²) in [6.45, 7) is 0.746. The molecular formula is C24H23N3. The Morgan fingerprint density at radius 3 is 1.78 bits per heavy atom.